The summed E-state index contributed by atoms with van der Waals surface area (Å²) < 4.78 is 0. The van der Waals surface area contributed by atoms with E-state index in [-0.39, 0.29) is 17.7 Å². The Morgan fingerprint density at radius 3 is 2.73 bits per heavy atom. The second kappa shape index (κ2) is 6.96. The van der Waals surface area contributed by atoms with E-state index < -0.39 is 0 Å². The van der Waals surface area contributed by atoms with Gasteiger partial charge in [-0.2, -0.15) is 0 Å². The Kier molecular flexibility index (Phi) is 4.51. The maximum absolute atomic E-state index is 12.4. The van der Waals surface area contributed by atoms with Crippen molar-refractivity contribution in [2.45, 2.75) is 19.3 Å². The average Bonchev–Trinajstić information content (AvgIpc) is 3.40. The molecule has 1 aliphatic carbocycles. The molecule has 0 spiro atoms. The van der Waals surface area contributed by atoms with Crippen molar-refractivity contribution in [3.63, 3.8) is 0 Å². The van der Waals surface area contributed by atoms with Crippen molar-refractivity contribution in [2.24, 2.45) is 5.92 Å². The highest BCUT2D eigenvalue weighted by atomic mass is 35.5. The van der Waals surface area contributed by atoms with Crippen LogP contribution in [-0.4, -0.2) is 18.4 Å². The summed E-state index contributed by atoms with van der Waals surface area (Å²) >= 11 is 6.09. The van der Waals surface area contributed by atoms with Gasteiger partial charge in [-0.3, -0.25) is 9.59 Å². The van der Waals surface area contributed by atoms with Crippen LogP contribution in [0.25, 0.3) is 6.08 Å². The molecule has 2 amide bonds. The molecule has 5 heteroatoms. The molecular formula is C21H19ClN2O2. The number of benzene rings is 2. The molecule has 0 radical (unpaired) electrons. The zero-order valence-electron chi connectivity index (χ0n) is 14.2. The summed E-state index contributed by atoms with van der Waals surface area (Å²) in [6.45, 7) is 0.731. The largest absolute Gasteiger partial charge is 0.322 e. The number of hydrogen-bond acceptors (Lipinski definition) is 2. The van der Waals surface area contributed by atoms with E-state index in [1.54, 1.807) is 12.1 Å². The van der Waals surface area contributed by atoms with E-state index in [2.05, 4.69) is 5.32 Å². The molecule has 0 unspecified atom stereocenters. The highest BCUT2D eigenvalue weighted by Crippen LogP contribution is 2.37. The molecule has 26 heavy (non-hydrogen) atoms. The topological polar surface area (TPSA) is 49.4 Å². The summed E-state index contributed by atoms with van der Waals surface area (Å²) in [5.41, 5.74) is 3.56. The third-order valence-corrected chi connectivity index (χ3v) is 5.10. The summed E-state index contributed by atoms with van der Waals surface area (Å²) in [5, 5.41) is 3.46. The number of nitrogens with one attached hydrogen (secondary N) is 1. The van der Waals surface area contributed by atoms with Crippen molar-refractivity contribution < 1.29 is 9.59 Å². The molecule has 2 aromatic rings. The van der Waals surface area contributed by atoms with E-state index in [1.165, 1.54) is 6.08 Å². The molecule has 4 nitrogen and oxygen atoms in total. The molecule has 1 N–H and O–H groups in total. The average molecular weight is 367 g/mol. The molecule has 1 aliphatic heterocycles. The quantitative estimate of drug-likeness (QED) is 0.820. The number of nitrogens with zero attached hydrogens (tertiary/aromatic N) is 1. The second-order valence-corrected chi connectivity index (χ2v) is 7.11. The van der Waals surface area contributed by atoms with Gasteiger partial charge in [0.1, 0.15) is 0 Å². The smallest absolute Gasteiger partial charge is 0.248 e. The van der Waals surface area contributed by atoms with Crippen LogP contribution >= 0.6 is 11.6 Å². The number of hydrogen-bond donors (Lipinski definition) is 1. The van der Waals surface area contributed by atoms with Gasteiger partial charge in [-0.15, -0.1) is 0 Å². The van der Waals surface area contributed by atoms with Crippen molar-refractivity contribution in [2.75, 3.05) is 16.8 Å². The molecule has 1 saturated carbocycles. The lowest BCUT2D eigenvalue weighted by molar-refractivity contribution is -0.119. The van der Waals surface area contributed by atoms with E-state index in [0.29, 0.717) is 10.7 Å². The Hall–Kier alpha value is -2.59. The van der Waals surface area contributed by atoms with Crippen LogP contribution < -0.4 is 10.2 Å². The van der Waals surface area contributed by atoms with Crippen molar-refractivity contribution in [1.82, 2.24) is 0 Å². The van der Waals surface area contributed by atoms with Crippen LogP contribution in [0.2, 0.25) is 5.02 Å². The van der Waals surface area contributed by atoms with Crippen LogP contribution in [0.4, 0.5) is 11.4 Å². The molecule has 0 bridgehead atoms. The fourth-order valence-electron chi connectivity index (χ4n) is 3.20. The summed E-state index contributed by atoms with van der Waals surface area (Å²) in [4.78, 5) is 26.5. The summed E-state index contributed by atoms with van der Waals surface area (Å²) in [6.07, 6.45) is 6.01. The highest BCUT2D eigenvalue weighted by Gasteiger charge is 2.36. The Labute approximate surface area is 157 Å². The molecule has 132 valence electrons. The van der Waals surface area contributed by atoms with Gasteiger partial charge in [-0.05, 0) is 54.7 Å². The first-order valence-electron chi connectivity index (χ1n) is 8.80. The fraction of sp³-hybridized carbons (Fsp3) is 0.238. The van der Waals surface area contributed by atoms with Crippen LogP contribution in [0.5, 0.6) is 0 Å². The standard InChI is InChI=1S/C21H19ClN2O2/c22-18-4-2-1-3-14(18)8-10-20(25)23-17-9-7-15-11-12-24(19(15)13-17)21(26)16-5-6-16/h1-4,7-10,13,16H,5-6,11-12H2,(H,23,25). The summed E-state index contributed by atoms with van der Waals surface area (Å²) in [5.74, 6) is 0.173. The Morgan fingerprint density at radius 1 is 1.15 bits per heavy atom. The monoisotopic (exact) mass is 366 g/mol. The Bertz CT molecular complexity index is 903. The molecule has 4 rings (SSSR count). The van der Waals surface area contributed by atoms with Crippen LogP contribution in [-0.2, 0) is 16.0 Å². The highest BCUT2D eigenvalue weighted by molar-refractivity contribution is 6.32. The normalized spacial score (nSPS) is 16.0. The lowest BCUT2D eigenvalue weighted by Gasteiger charge is -2.17. The van der Waals surface area contributed by atoms with E-state index in [1.807, 2.05) is 41.3 Å². The molecule has 0 aromatic heterocycles. The lowest BCUT2D eigenvalue weighted by Crippen LogP contribution is -2.30. The molecule has 2 aliphatic rings. The van der Waals surface area contributed by atoms with Crippen molar-refractivity contribution >= 4 is 40.9 Å². The van der Waals surface area contributed by atoms with Crippen molar-refractivity contribution in [3.05, 3.63) is 64.7 Å². The number of amides is 2. The van der Waals surface area contributed by atoms with Gasteiger partial charge < -0.3 is 10.2 Å². The number of carbonyl (C=O) groups is 2. The maximum Gasteiger partial charge on any atom is 0.248 e. The minimum Gasteiger partial charge on any atom is -0.322 e. The zero-order chi connectivity index (χ0) is 18.1. The van der Waals surface area contributed by atoms with E-state index in [4.69, 9.17) is 11.6 Å². The third-order valence-electron chi connectivity index (χ3n) is 4.76. The van der Waals surface area contributed by atoms with Crippen LogP contribution in [0, 0.1) is 5.92 Å². The molecule has 0 saturated heterocycles. The first kappa shape index (κ1) is 16.9. The predicted molar refractivity (Wildman–Crippen MR) is 104 cm³/mol. The molecule has 2 aromatic carbocycles. The Balaban J connectivity index is 1.47. The summed E-state index contributed by atoms with van der Waals surface area (Å²) in [6, 6.07) is 13.1. The second-order valence-electron chi connectivity index (χ2n) is 6.70. The number of fused-ring (bicyclic) bond motifs is 1. The van der Waals surface area contributed by atoms with Gasteiger partial charge in [0.15, 0.2) is 0 Å². The lowest BCUT2D eigenvalue weighted by atomic mass is 10.1. The number of rotatable bonds is 4. The Morgan fingerprint density at radius 2 is 1.96 bits per heavy atom. The molecular weight excluding hydrogens is 348 g/mol. The van der Waals surface area contributed by atoms with E-state index in [9.17, 15) is 9.59 Å². The first-order chi connectivity index (χ1) is 12.6. The molecule has 0 atom stereocenters. The van der Waals surface area contributed by atoms with Gasteiger partial charge in [0.05, 0.1) is 0 Å². The van der Waals surface area contributed by atoms with Gasteiger partial charge in [-0.1, -0.05) is 35.9 Å². The zero-order valence-corrected chi connectivity index (χ0v) is 15.0. The first-order valence-corrected chi connectivity index (χ1v) is 9.17. The van der Waals surface area contributed by atoms with Crippen LogP contribution in [0.1, 0.15) is 24.0 Å². The van der Waals surface area contributed by atoms with Gasteiger partial charge in [0, 0.05) is 34.9 Å². The maximum atomic E-state index is 12.4. The van der Waals surface area contributed by atoms with Crippen LogP contribution in [0.3, 0.4) is 0 Å². The van der Waals surface area contributed by atoms with Gasteiger partial charge in [0.25, 0.3) is 0 Å². The SMILES string of the molecule is O=C(C=Cc1ccccc1Cl)Nc1ccc2c(c1)N(C(=O)C1CC1)CC2. The minimum absolute atomic E-state index is 0.192. The minimum atomic E-state index is -0.233. The van der Waals surface area contributed by atoms with E-state index in [0.717, 1.165) is 42.6 Å². The molecule has 1 heterocycles. The van der Waals surface area contributed by atoms with Gasteiger partial charge in [-0.25, -0.2) is 0 Å². The van der Waals surface area contributed by atoms with Crippen molar-refractivity contribution in [1.29, 1.82) is 0 Å². The number of carbonyl (C=O) groups excluding carboxylic acids is 2. The summed E-state index contributed by atoms with van der Waals surface area (Å²) in [7, 11) is 0. The number of anilines is 2. The van der Waals surface area contributed by atoms with Crippen molar-refractivity contribution in [3.8, 4) is 0 Å². The molecule has 1 fully saturated rings. The fourth-order valence-corrected chi connectivity index (χ4v) is 3.39. The predicted octanol–water partition coefficient (Wildman–Crippen LogP) is 4.29. The van der Waals surface area contributed by atoms with Crippen LogP contribution in [0.15, 0.2) is 48.5 Å². The third kappa shape index (κ3) is 3.51. The number of halogens is 1. The van der Waals surface area contributed by atoms with E-state index >= 15 is 0 Å². The van der Waals surface area contributed by atoms with Gasteiger partial charge >= 0.3 is 0 Å². The van der Waals surface area contributed by atoms with Gasteiger partial charge in [0.2, 0.25) is 11.8 Å².